The summed E-state index contributed by atoms with van der Waals surface area (Å²) in [5.74, 6) is 0.749. The van der Waals surface area contributed by atoms with Crippen LogP contribution in [0.15, 0.2) is 16.6 Å². The highest BCUT2D eigenvalue weighted by molar-refractivity contribution is 9.10. The average molecular weight is 366 g/mol. The molecule has 0 N–H and O–H groups in total. The minimum Gasteiger partial charge on any atom is -0.233 e. The number of aromatic nitrogens is 2. The third-order valence-corrected chi connectivity index (χ3v) is 5.64. The van der Waals surface area contributed by atoms with Gasteiger partial charge in [-0.25, -0.2) is 9.97 Å². The zero-order valence-corrected chi connectivity index (χ0v) is 14.7. The van der Waals surface area contributed by atoms with Crippen LogP contribution >= 0.6 is 27.5 Å². The van der Waals surface area contributed by atoms with Crippen LogP contribution in [0.3, 0.4) is 0 Å². The molecule has 1 aliphatic carbocycles. The molecule has 0 fully saturated rings. The molecule has 4 heteroatoms. The van der Waals surface area contributed by atoms with Gasteiger partial charge in [0.25, 0.3) is 0 Å². The molecular weight excluding hydrogens is 348 g/mol. The van der Waals surface area contributed by atoms with Crippen LogP contribution in [-0.4, -0.2) is 9.97 Å². The molecule has 0 bridgehead atoms. The molecule has 1 aromatic heterocycles. The van der Waals surface area contributed by atoms with Crippen molar-refractivity contribution in [3.63, 3.8) is 0 Å². The van der Waals surface area contributed by atoms with Crippen molar-refractivity contribution in [2.24, 2.45) is 0 Å². The second-order valence-electron chi connectivity index (χ2n) is 5.75. The van der Waals surface area contributed by atoms with Crippen molar-refractivity contribution in [3.8, 4) is 11.4 Å². The summed E-state index contributed by atoms with van der Waals surface area (Å²) in [5, 5.41) is 0.634. The highest BCUT2D eigenvalue weighted by atomic mass is 79.9. The van der Waals surface area contributed by atoms with E-state index in [1.165, 1.54) is 30.4 Å². The number of aryl methyl sites for hydroxylation is 3. The van der Waals surface area contributed by atoms with E-state index in [1.807, 2.05) is 0 Å². The second-order valence-corrected chi connectivity index (χ2v) is 6.90. The van der Waals surface area contributed by atoms with Gasteiger partial charge in [-0.1, -0.05) is 34.0 Å². The monoisotopic (exact) mass is 364 g/mol. The van der Waals surface area contributed by atoms with Gasteiger partial charge in [0.2, 0.25) is 0 Å². The lowest BCUT2D eigenvalue weighted by Crippen LogP contribution is -2.02. The Hall–Kier alpha value is -0.930. The van der Waals surface area contributed by atoms with Crippen LogP contribution in [0.5, 0.6) is 0 Å². The number of hydrogen-bond donors (Lipinski definition) is 0. The maximum atomic E-state index is 6.42. The predicted octanol–water partition coefficient (Wildman–Crippen LogP) is 5.45. The van der Waals surface area contributed by atoms with Gasteiger partial charge in [-0.2, -0.15) is 0 Å². The quantitative estimate of drug-likeness (QED) is 0.496. The van der Waals surface area contributed by atoms with Crippen LogP contribution < -0.4 is 0 Å². The molecule has 21 heavy (non-hydrogen) atoms. The predicted molar refractivity (Wildman–Crippen MR) is 90.9 cm³/mol. The highest BCUT2D eigenvalue weighted by Crippen LogP contribution is 2.30. The topological polar surface area (TPSA) is 25.8 Å². The van der Waals surface area contributed by atoms with Crippen molar-refractivity contribution in [2.45, 2.75) is 46.0 Å². The molecular formula is C17H18BrClN2. The van der Waals surface area contributed by atoms with E-state index in [2.05, 4.69) is 46.9 Å². The Kier molecular flexibility index (Phi) is 4.32. The van der Waals surface area contributed by atoms with Gasteiger partial charge < -0.3 is 0 Å². The molecule has 0 aliphatic heterocycles. The van der Waals surface area contributed by atoms with Crippen molar-refractivity contribution in [1.82, 2.24) is 9.97 Å². The Bertz CT molecular complexity index is 674. The van der Waals surface area contributed by atoms with Crippen molar-refractivity contribution in [1.29, 1.82) is 0 Å². The van der Waals surface area contributed by atoms with E-state index >= 15 is 0 Å². The van der Waals surface area contributed by atoms with Gasteiger partial charge in [0.05, 0.1) is 0 Å². The zero-order valence-electron chi connectivity index (χ0n) is 12.3. The van der Waals surface area contributed by atoms with Crippen LogP contribution in [0, 0.1) is 13.8 Å². The van der Waals surface area contributed by atoms with Gasteiger partial charge in [-0.05, 0) is 62.8 Å². The lowest BCUT2D eigenvalue weighted by Gasteiger charge is -2.11. The summed E-state index contributed by atoms with van der Waals surface area (Å²) in [6.45, 7) is 4.18. The van der Waals surface area contributed by atoms with E-state index < -0.39 is 0 Å². The Morgan fingerprint density at radius 1 is 1.00 bits per heavy atom. The van der Waals surface area contributed by atoms with Crippen molar-refractivity contribution >= 4 is 27.5 Å². The molecule has 1 heterocycles. The number of benzene rings is 1. The molecule has 2 aromatic rings. The summed E-state index contributed by atoms with van der Waals surface area (Å²) < 4.78 is 1.15. The first-order valence-corrected chi connectivity index (χ1v) is 8.56. The molecule has 0 saturated heterocycles. The van der Waals surface area contributed by atoms with E-state index in [9.17, 15) is 0 Å². The van der Waals surface area contributed by atoms with E-state index in [1.54, 1.807) is 0 Å². The molecule has 0 unspecified atom stereocenters. The van der Waals surface area contributed by atoms with Crippen molar-refractivity contribution in [2.75, 3.05) is 0 Å². The summed E-state index contributed by atoms with van der Waals surface area (Å²) in [6.07, 6.45) is 5.65. The lowest BCUT2D eigenvalue weighted by atomic mass is 10.1. The molecule has 1 aromatic carbocycles. The fourth-order valence-electron chi connectivity index (χ4n) is 2.93. The summed E-state index contributed by atoms with van der Waals surface area (Å²) in [6, 6.07) is 4.23. The van der Waals surface area contributed by atoms with Gasteiger partial charge in [-0.3, -0.25) is 0 Å². The van der Waals surface area contributed by atoms with Gasteiger partial charge in [-0.15, -0.1) is 0 Å². The first kappa shape index (κ1) is 15.0. The molecule has 3 rings (SSSR count). The minimum absolute atomic E-state index is 0.634. The van der Waals surface area contributed by atoms with E-state index in [0.717, 1.165) is 40.0 Å². The van der Waals surface area contributed by atoms with Crippen LogP contribution in [0.4, 0.5) is 0 Å². The molecule has 0 atom stereocenters. The third-order valence-electron chi connectivity index (χ3n) is 4.08. The second kappa shape index (κ2) is 6.05. The van der Waals surface area contributed by atoms with E-state index in [0.29, 0.717) is 5.15 Å². The first-order chi connectivity index (χ1) is 10.1. The number of fused-ring (bicyclic) bond motifs is 1. The molecule has 0 radical (unpaired) electrons. The average Bonchev–Trinajstić information content (AvgIpc) is 2.69. The SMILES string of the molecule is Cc1cc(-c2nc(Cl)c3c(n2)CCCCC3)cc(C)c1Br. The third kappa shape index (κ3) is 3.00. The molecule has 1 aliphatic rings. The normalized spacial score (nSPS) is 14.7. The van der Waals surface area contributed by atoms with Crippen molar-refractivity contribution in [3.05, 3.63) is 44.1 Å². The Morgan fingerprint density at radius 2 is 1.67 bits per heavy atom. The summed E-state index contributed by atoms with van der Waals surface area (Å²) >= 11 is 10.0. The molecule has 2 nitrogen and oxygen atoms in total. The molecule has 0 amide bonds. The number of nitrogens with zero attached hydrogens (tertiary/aromatic N) is 2. The maximum absolute atomic E-state index is 6.42. The fraction of sp³-hybridized carbons (Fsp3) is 0.412. The Balaban J connectivity index is 2.11. The van der Waals surface area contributed by atoms with Crippen molar-refractivity contribution < 1.29 is 0 Å². The Labute approximate surface area is 139 Å². The highest BCUT2D eigenvalue weighted by Gasteiger charge is 2.17. The van der Waals surface area contributed by atoms with Crippen LogP contribution in [0.1, 0.15) is 41.6 Å². The smallest absolute Gasteiger partial charge is 0.161 e. The minimum atomic E-state index is 0.634. The number of rotatable bonds is 1. The van der Waals surface area contributed by atoms with Gasteiger partial charge in [0.1, 0.15) is 5.15 Å². The molecule has 0 saturated carbocycles. The van der Waals surface area contributed by atoms with Gasteiger partial charge in [0.15, 0.2) is 5.82 Å². The van der Waals surface area contributed by atoms with Gasteiger partial charge in [0, 0.05) is 21.3 Å². The Morgan fingerprint density at radius 3 is 2.38 bits per heavy atom. The standard InChI is InChI=1S/C17H18BrClN2/c1-10-8-12(9-11(2)15(10)18)17-20-14-7-5-3-4-6-13(14)16(19)21-17/h8-9H,3-7H2,1-2H3. The maximum Gasteiger partial charge on any atom is 0.161 e. The number of hydrogen-bond acceptors (Lipinski definition) is 2. The summed E-state index contributed by atoms with van der Waals surface area (Å²) in [4.78, 5) is 9.35. The largest absolute Gasteiger partial charge is 0.233 e. The molecule has 110 valence electrons. The molecule has 0 spiro atoms. The van der Waals surface area contributed by atoms with Crippen LogP contribution in [0.25, 0.3) is 11.4 Å². The van der Waals surface area contributed by atoms with E-state index in [-0.39, 0.29) is 0 Å². The number of halogens is 2. The summed E-state index contributed by atoms with van der Waals surface area (Å²) in [7, 11) is 0. The zero-order chi connectivity index (χ0) is 15.0. The van der Waals surface area contributed by atoms with Gasteiger partial charge >= 0.3 is 0 Å². The van der Waals surface area contributed by atoms with Crippen LogP contribution in [-0.2, 0) is 12.8 Å². The first-order valence-electron chi connectivity index (χ1n) is 7.38. The van der Waals surface area contributed by atoms with E-state index in [4.69, 9.17) is 16.6 Å². The summed E-state index contributed by atoms with van der Waals surface area (Å²) in [5.41, 5.74) is 5.73. The lowest BCUT2D eigenvalue weighted by molar-refractivity contribution is 0.709. The van der Waals surface area contributed by atoms with Crippen LogP contribution in [0.2, 0.25) is 5.15 Å². The fourth-order valence-corrected chi connectivity index (χ4v) is 3.44.